The maximum absolute atomic E-state index is 13.4. The van der Waals surface area contributed by atoms with Gasteiger partial charge < -0.3 is 30.9 Å². The number of rotatable bonds is 6. The molecule has 3 atom stereocenters. The van der Waals surface area contributed by atoms with Gasteiger partial charge in [0.2, 0.25) is 5.60 Å². The summed E-state index contributed by atoms with van der Waals surface area (Å²) in [5, 5.41) is 25.0. The van der Waals surface area contributed by atoms with Crippen molar-refractivity contribution in [1.82, 2.24) is 10.6 Å². The van der Waals surface area contributed by atoms with Crippen LogP contribution < -0.4 is 20.7 Å². The van der Waals surface area contributed by atoms with Gasteiger partial charge in [0, 0.05) is 19.1 Å². The number of fused-ring (bicyclic) bond motifs is 1. The first kappa shape index (κ1) is 23.3. The van der Waals surface area contributed by atoms with Crippen LogP contribution in [0, 0.1) is 5.82 Å². The molecule has 13 heteroatoms. The largest absolute Gasteiger partial charge is 0.485 e. The van der Waals surface area contributed by atoms with E-state index in [-0.39, 0.29) is 17.9 Å². The standard InChI is InChI=1S/C17H19F4N3O6/c1-16(29,14(27)22-7-17(19,20)21)15(28)24-12-11(4-5-25)30-10-3-2-8(18)6-9(10)23-13(12)26/h2-3,6,11-12,25,29H,4-5,7H2,1H3,(H,22,27)(H,23,26)(H,24,28)/t11-,12+,16-/m1/s1. The SMILES string of the molecule is C[C@@](O)(C(=O)NCC(F)(F)F)C(=O)N[C@@H]1C(=O)Nc2cc(F)ccc2O[C@@H]1CCO. The second-order valence-electron chi connectivity index (χ2n) is 6.62. The third-order valence-electron chi connectivity index (χ3n) is 4.17. The molecule has 5 N–H and O–H groups in total. The van der Waals surface area contributed by atoms with E-state index in [0.29, 0.717) is 6.92 Å². The van der Waals surface area contributed by atoms with E-state index in [1.165, 1.54) is 11.4 Å². The van der Waals surface area contributed by atoms with E-state index >= 15 is 0 Å². The predicted octanol–water partition coefficient (Wildman–Crippen LogP) is -0.178. The number of carbonyl (C=O) groups is 3. The number of anilines is 1. The molecular weight excluding hydrogens is 418 g/mol. The van der Waals surface area contributed by atoms with E-state index in [0.717, 1.165) is 12.1 Å². The summed E-state index contributed by atoms with van der Waals surface area (Å²) in [4.78, 5) is 36.7. The van der Waals surface area contributed by atoms with Crippen molar-refractivity contribution in [2.45, 2.75) is 37.3 Å². The zero-order valence-electron chi connectivity index (χ0n) is 15.5. The van der Waals surface area contributed by atoms with Gasteiger partial charge >= 0.3 is 6.18 Å². The fourth-order valence-corrected chi connectivity index (χ4v) is 2.56. The van der Waals surface area contributed by atoms with Crippen molar-refractivity contribution in [3.63, 3.8) is 0 Å². The Bertz CT molecular complexity index is 830. The summed E-state index contributed by atoms with van der Waals surface area (Å²) in [5.74, 6) is -4.70. The van der Waals surface area contributed by atoms with Gasteiger partial charge in [-0.05, 0) is 19.1 Å². The lowest BCUT2D eigenvalue weighted by Crippen LogP contribution is -2.61. The number of benzene rings is 1. The van der Waals surface area contributed by atoms with Gasteiger partial charge in [-0.1, -0.05) is 0 Å². The second-order valence-corrected chi connectivity index (χ2v) is 6.62. The molecule has 1 aromatic rings. The molecule has 1 heterocycles. The number of alkyl halides is 3. The van der Waals surface area contributed by atoms with Gasteiger partial charge in [0.05, 0.1) is 5.69 Å². The Hall–Kier alpha value is -2.93. The van der Waals surface area contributed by atoms with Crippen molar-refractivity contribution in [1.29, 1.82) is 0 Å². The average Bonchev–Trinajstić information content (AvgIpc) is 2.76. The van der Waals surface area contributed by atoms with Gasteiger partial charge in [0.25, 0.3) is 17.7 Å². The summed E-state index contributed by atoms with van der Waals surface area (Å²) in [6, 6.07) is 1.64. The fourth-order valence-electron chi connectivity index (χ4n) is 2.56. The van der Waals surface area contributed by atoms with E-state index < -0.39 is 60.6 Å². The van der Waals surface area contributed by atoms with Gasteiger partial charge in [-0.2, -0.15) is 13.2 Å². The van der Waals surface area contributed by atoms with Gasteiger partial charge in [-0.3, -0.25) is 14.4 Å². The van der Waals surface area contributed by atoms with Crippen molar-refractivity contribution in [2.75, 3.05) is 18.5 Å². The first-order valence-electron chi connectivity index (χ1n) is 8.61. The molecule has 1 aromatic carbocycles. The number of halogens is 4. The Morgan fingerprint density at radius 2 is 1.93 bits per heavy atom. The Morgan fingerprint density at radius 3 is 2.53 bits per heavy atom. The second kappa shape index (κ2) is 8.83. The van der Waals surface area contributed by atoms with E-state index in [1.54, 1.807) is 0 Å². The minimum Gasteiger partial charge on any atom is -0.485 e. The summed E-state index contributed by atoms with van der Waals surface area (Å²) in [6.45, 7) is -1.62. The molecule has 1 aliphatic rings. The molecule has 166 valence electrons. The highest BCUT2D eigenvalue weighted by atomic mass is 19.4. The fraction of sp³-hybridized carbons (Fsp3) is 0.471. The van der Waals surface area contributed by atoms with Crippen LogP contribution in [0.2, 0.25) is 0 Å². The van der Waals surface area contributed by atoms with Gasteiger partial charge in [0.15, 0.2) is 0 Å². The van der Waals surface area contributed by atoms with Gasteiger partial charge in [-0.25, -0.2) is 4.39 Å². The topological polar surface area (TPSA) is 137 Å². The number of amides is 3. The molecule has 30 heavy (non-hydrogen) atoms. The van der Waals surface area contributed by atoms with Crippen LogP contribution >= 0.6 is 0 Å². The van der Waals surface area contributed by atoms with Crippen LogP contribution in [-0.2, 0) is 14.4 Å². The lowest BCUT2D eigenvalue weighted by atomic mass is 10.0. The molecule has 0 bridgehead atoms. The minimum absolute atomic E-state index is 0.0367. The average molecular weight is 437 g/mol. The molecule has 2 rings (SSSR count). The van der Waals surface area contributed by atoms with Crippen molar-refractivity contribution in [3.8, 4) is 5.75 Å². The number of hydrogen-bond acceptors (Lipinski definition) is 6. The van der Waals surface area contributed by atoms with E-state index in [4.69, 9.17) is 4.74 Å². The molecule has 9 nitrogen and oxygen atoms in total. The number of aliphatic hydroxyl groups is 2. The molecule has 0 unspecified atom stereocenters. The summed E-state index contributed by atoms with van der Waals surface area (Å²) in [5.41, 5.74) is -3.02. The van der Waals surface area contributed by atoms with Gasteiger partial charge in [0.1, 0.15) is 30.3 Å². The Morgan fingerprint density at radius 1 is 1.27 bits per heavy atom. The normalized spacial score (nSPS) is 20.7. The molecule has 0 saturated heterocycles. The highest BCUT2D eigenvalue weighted by Crippen LogP contribution is 2.30. The highest BCUT2D eigenvalue weighted by molar-refractivity contribution is 6.09. The smallest absolute Gasteiger partial charge is 0.405 e. The predicted molar refractivity (Wildman–Crippen MR) is 92.8 cm³/mol. The summed E-state index contributed by atoms with van der Waals surface area (Å²) >= 11 is 0. The molecule has 0 radical (unpaired) electrons. The van der Waals surface area contributed by atoms with E-state index in [1.807, 2.05) is 5.32 Å². The summed E-state index contributed by atoms with van der Waals surface area (Å²) in [7, 11) is 0. The molecule has 0 spiro atoms. The van der Waals surface area contributed by atoms with E-state index in [2.05, 4.69) is 5.32 Å². The van der Waals surface area contributed by atoms with Crippen LogP contribution in [0.4, 0.5) is 23.2 Å². The minimum atomic E-state index is -4.77. The molecule has 0 saturated carbocycles. The lowest BCUT2D eigenvalue weighted by molar-refractivity contribution is -0.158. The van der Waals surface area contributed by atoms with E-state index in [9.17, 15) is 42.2 Å². The molecule has 0 fully saturated rings. The zero-order valence-corrected chi connectivity index (χ0v) is 15.5. The van der Waals surface area contributed by atoms with Crippen molar-refractivity contribution in [3.05, 3.63) is 24.0 Å². The highest BCUT2D eigenvalue weighted by Gasteiger charge is 2.44. The van der Waals surface area contributed by atoms with Crippen LogP contribution in [0.1, 0.15) is 13.3 Å². The van der Waals surface area contributed by atoms with Crippen LogP contribution in [0.3, 0.4) is 0 Å². The van der Waals surface area contributed by atoms with Crippen LogP contribution in [-0.4, -0.2) is 65.0 Å². The van der Waals surface area contributed by atoms with Crippen LogP contribution in [0.15, 0.2) is 18.2 Å². The molecular formula is C17H19F4N3O6. The molecule has 0 aromatic heterocycles. The Balaban J connectivity index is 2.20. The number of nitrogens with one attached hydrogen (secondary N) is 3. The first-order chi connectivity index (χ1) is 13.8. The quantitative estimate of drug-likeness (QED) is 0.309. The van der Waals surface area contributed by atoms with Crippen LogP contribution in [0.25, 0.3) is 0 Å². The van der Waals surface area contributed by atoms with Crippen molar-refractivity contribution >= 4 is 23.4 Å². The maximum atomic E-state index is 13.4. The summed E-state index contributed by atoms with van der Waals surface area (Å²) < 4.78 is 55.7. The Kier molecular flexibility index (Phi) is 6.87. The number of carbonyl (C=O) groups excluding carboxylic acids is 3. The van der Waals surface area contributed by atoms with Crippen molar-refractivity contribution < 1.29 is 46.9 Å². The molecule has 3 amide bonds. The molecule has 1 aliphatic heterocycles. The van der Waals surface area contributed by atoms with Gasteiger partial charge in [-0.15, -0.1) is 0 Å². The van der Waals surface area contributed by atoms with Crippen LogP contribution in [0.5, 0.6) is 5.75 Å². The summed E-state index contributed by atoms with van der Waals surface area (Å²) in [6.07, 6.45) is -6.15. The lowest BCUT2D eigenvalue weighted by Gasteiger charge is -2.28. The van der Waals surface area contributed by atoms with Crippen molar-refractivity contribution in [2.24, 2.45) is 0 Å². The monoisotopic (exact) mass is 437 g/mol. The zero-order chi connectivity index (χ0) is 22.7. The number of hydrogen-bond donors (Lipinski definition) is 5. The Labute approximate surface area is 167 Å². The third-order valence-corrected chi connectivity index (χ3v) is 4.17. The molecule has 0 aliphatic carbocycles. The maximum Gasteiger partial charge on any atom is 0.405 e. The first-order valence-corrected chi connectivity index (χ1v) is 8.61. The number of ether oxygens (including phenoxy) is 1. The third kappa shape index (κ3) is 5.57. The number of aliphatic hydroxyl groups excluding tert-OH is 1.